The van der Waals surface area contributed by atoms with Gasteiger partial charge in [-0.3, -0.25) is 4.99 Å². The summed E-state index contributed by atoms with van der Waals surface area (Å²) in [5.74, 6) is 0.736. The van der Waals surface area contributed by atoms with Crippen LogP contribution < -0.4 is 10.6 Å². The van der Waals surface area contributed by atoms with Gasteiger partial charge in [-0.25, -0.2) is 0 Å². The van der Waals surface area contributed by atoms with Crippen molar-refractivity contribution < 1.29 is 0 Å². The summed E-state index contributed by atoms with van der Waals surface area (Å²) in [7, 11) is 0. The van der Waals surface area contributed by atoms with Crippen LogP contribution >= 0.6 is 0 Å². The summed E-state index contributed by atoms with van der Waals surface area (Å²) < 4.78 is 4.25. The van der Waals surface area contributed by atoms with Gasteiger partial charge in [-0.05, 0) is 96.5 Å². The fourth-order valence-corrected chi connectivity index (χ4v) is 7.54. The average Bonchev–Trinajstić information content (AvgIpc) is 3.86. The highest BCUT2D eigenvalue weighted by Gasteiger charge is 2.39. The summed E-state index contributed by atoms with van der Waals surface area (Å²) in [6.07, 6.45) is 25.4. The molecule has 0 bridgehead atoms. The molecule has 0 saturated heterocycles. The zero-order valence-electron chi connectivity index (χ0n) is 31.6. The predicted molar refractivity (Wildman–Crippen MR) is 234 cm³/mol. The number of aliphatic imine (C=N–C) groups is 1. The van der Waals surface area contributed by atoms with Crippen LogP contribution in [0.2, 0.25) is 0 Å². The highest BCUT2D eigenvalue weighted by atomic mass is 15.2. The SMILES string of the molecule is C=CC1=C(C=C)C(C)(C)C(c2ccn(-c3ccccc3)c2N)=C1/C=C\C=C\C.C=NCN1C(=C)/C=C\C=C/Cc2ccc3c(ccn3-c3ccccc3)c21. The van der Waals surface area contributed by atoms with Crippen molar-refractivity contribution in [2.24, 2.45) is 10.4 Å². The number of hydrogen-bond acceptors (Lipinski definition) is 3. The number of nitrogen functional groups attached to an aromatic ring is 1. The van der Waals surface area contributed by atoms with Crippen LogP contribution in [0.15, 0.2) is 205 Å². The summed E-state index contributed by atoms with van der Waals surface area (Å²) >= 11 is 0. The van der Waals surface area contributed by atoms with E-state index in [1.54, 1.807) is 0 Å². The van der Waals surface area contributed by atoms with Crippen LogP contribution in [0.1, 0.15) is 31.9 Å². The van der Waals surface area contributed by atoms with Crippen molar-refractivity contribution in [1.82, 2.24) is 9.13 Å². The molecule has 5 aromatic rings. The van der Waals surface area contributed by atoms with E-state index in [1.165, 1.54) is 27.6 Å². The van der Waals surface area contributed by atoms with E-state index >= 15 is 0 Å². The Morgan fingerprint density at radius 2 is 1.50 bits per heavy atom. The standard InChI is InChI=1S/C26H28N2.C23H21N3/c1-6-9-11-16-21-20(7-2)23(8-3)26(4,5)24(21)22-17-18-28(25(22)27)19-14-12-10-13-15-19;1-18-9-5-3-6-10-19-13-14-22-21(23(19)26(18)17-24-2)15-16-25(22)20-11-7-4-8-12-20/h6-18H,2-3,27H2,1,4-5H3;3-9,11-16H,1-2,10,17H2/b9-6+,16-11-;6-3-,9-5-. The Balaban J connectivity index is 0.000000185. The molecule has 270 valence electrons. The van der Waals surface area contributed by atoms with Gasteiger partial charge >= 0.3 is 0 Å². The molecule has 1 aliphatic heterocycles. The van der Waals surface area contributed by atoms with E-state index in [9.17, 15) is 0 Å². The molecule has 2 aliphatic rings. The first-order valence-corrected chi connectivity index (χ1v) is 18.2. The van der Waals surface area contributed by atoms with Crippen molar-refractivity contribution >= 4 is 34.7 Å². The smallest absolute Gasteiger partial charge is 0.115 e. The Labute approximate surface area is 320 Å². The minimum atomic E-state index is -0.224. The second-order valence-electron chi connectivity index (χ2n) is 13.7. The predicted octanol–water partition coefficient (Wildman–Crippen LogP) is 11.9. The van der Waals surface area contributed by atoms with Gasteiger partial charge in [0.05, 0.1) is 11.2 Å². The lowest BCUT2D eigenvalue weighted by Gasteiger charge is -2.26. The molecular formula is C49H49N5. The lowest BCUT2D eigenvalue weighted by atomic mass is 9.77. The molecule has 5 heteroatoms. The Morgan fingerprint density at radius 3 is 2.15 bits per heavy atom. The summed E-state index contributed by atoms with van der Waals surface area (Å²) in [5.41, 5.74) is 18.8. The molecule has 2 aromatic heterocycles. The average molecular weight is 708 g/mol. The van der Waals surface area contributed by atoms with Crippen molar-refractivity contribution in [1.29, 1.82) is 0 Å². The van der Waals surface area contributed by atoms with Gasteiger partial charge in [0.25, 0.3) is 0 Å². The second-order valence-corrected chi connectivity index (χ2v) is 13.7. The molecule has 0 radical (unpaired) electrons. The molecule has 0 amide bonds. The zero-order chi connectivity index (χ0) is 38.2. The van der Waals surface area contributed by atoms with Crippen LogP contribution in [-0.4, -0.2) is 22.5 Å². The van der Waals surface area contributed by atoms with Crippen LogP contribution in [0.25, 0.3) is 27.9 Å². The molecule has 0 unspecified atom stereocenters. The third kappa shape index (κ3) is 7.09. The van der Waals surface area contributed by atoms with Crippen molar-refractivity contribution in [3.05, 3.63) is 211 Å². The zero-order valence-corrected chi connectivity index (χ0v) is 31.6. The Morgan fingerprint density at radius 1 is 0.815 bits per heavy atom. The fourth-order valence-electron chi connectivity index (χ4n) is 7.54. The third-order valence-electron chi connectivity index (χ3n) is 10.0. The molecule has 3 aromatic carbocycles. The van der Waals surface area contributed by atoms with E-state index in [2.05, 4.69) is 146 Å². The van der Waals surface area contributed by atoms with Gasteiger partial charge in [0, 0.05) is 45.8 Å². The Kier molecular flexibility index (Phi) is 11.3. The minimum absolute atomic E-state index is 0.224. The van der Waals surface area contributed by atoms with E-state index in [0.717, 1.165) is 51.7 Å². The van der Waals surface area contributed by atoms with E-state index < -0.39 is 0 Å². The second kappa shape index (κ2) is 16.4. The Bertz CT molecular complexity index is 2380. The maximum atomic E-state index is 6.65. The first-order valence-electron chi connectivity index (χ1n) is 18.2. The molecule has 1 aliphatic carbocycles. The molecule has 0 fully saturated rings. The van der Waals surface area contributed by atoms with Gasteiger partial charge in [0.15, 0.2) is 0 Å². The number of hydrogen-bond donors (Lipinski definition) is 1. The van der Waals surface area contributed by atoms with Crippen LogP contribution in [0.3, 0.4) is 0 Å². The molecule has 3 heterocycles. The maximum Gasteiger partial charge on any atom is 0.115 e. The number of para-hydroxylation sites is 2. The van der Waals surface area contributed by atoms with Crippen molar-refractivity contribution in [2.45, 2.75) is 27.2 Å². The number of anilines is 2. The third-order valence-corrected chi connectivity index (χ3v) is 10.0. The molecule has 7 rings (SSSR count). The monoisotopic (exact) mass is 707 g/mol. The summed E-state index contributed by atoms with van der Waals surface area (Å²) in [4.78, 5) is 6.28. The molecule has 54 heavy (non-hydrogen) atoms. The summed E-state index contributed by atoms with van der Waals surface area (Å²) in [5, 5.41) is 1.19. The van der Waals surface area contributed by atoms with Crippen molar-refractivity contribution in [3.8, 4) is 11.4 Å². The largest absolute Gasteiger partial charge is 0.384 e. The quantitative estimate of drug-likeness (QED) is 0.122. The Hall–Kier alpha value is -6.59. The van der Waals surface area contributed by atoms with Gasteiger partial charge < -0.3 is 19.8 Å². The number of aromatic nitrogens is 2. The van der Waals surface area contributed by atoms with Gasteiger partial charge in [-0.2, -0.15) is 0 Å². The van der Waals surface area contributed by atoms with Crippen LogP contribution in [0.5, 0.6) is 0 Å². The summed E-state index contributed by atoms with van der Waals surface area (Å²) in [6, 6.07) is 29.2. The molecule has 5 nitrogen and oxygen atoms in total. The van der Waals surface area contributed by atoms with E-state index in [1.807, 2.05) is 78.4 Å². The number of nitrogens with two attached hydrogens (primary N) is 1. The molecule has 0 spiro atoms. The number of benzene rings is 3. The van der Waals surface area contributed by atoms with Gasteiger partial charge in [-0.1, -0.05) is 131 Å². The van der Waals surface area contributed by atoms with Crippen molar-refractivity contribution in [3.63, 3.8) is 0 Å². The minimum Gasteiger partial charge on any atom is -0.384 e. The number of nitrogens with zero attached hydrogens (tertiary/aromatic N) is 4. The molecule has 0 saturated carbocycles. The van der Waals surface area contributed by atoms with Gasteiger partial charge in [-0.15, -0.1) is 0 Å². The fraction of sp³-hybridized carbons (Fsp3) is 0.122. The molecule has 0 atom stereocenters. The van der Waals surface area contributed by atoms with E-state index in [0.29, 0.717) is 6.67 Å². The van der Waals surface area contributed by atoms with Crippen LogP contribution in [0, 0.1) is 5.41 Å². The van der Waals surface area contributed by atoms with Gasteiger partial charge in [0.2, 0.25) is 0 Å². The van der Waals surface area contributed by atoms with Gasteiger partial charge in [0.1, 0.15) is 12.5 Å². The summed E-state index contributed by atoms with van der Waals surface area (Å²) in [6.45, 7) is 23.0. The number of rotatable bonds is 9. The maximum absolute atomic E-state index is 6.65. The van der Waals surface area contributed by atoms with E-state index in [-0.39, 0.29) is 5.41 Å². The number of fused-ring (bicyclic) bond motifs is 3. The number of allylic oxidation sites excluding steroid dienone is 14. The highest BCUT2D eigenvalue weighted by molar-refractivity contribution is 5.97. The first kappa shape index (κ1) is 37.2. The molecular weight excluding hydrogens is 659 g/mol. The lowest BCUT2D eigenvalue weighted by Crippen LogP contribution is -2.22. The highest BCUT2D eigenvalue weighted by Crippen LogP contribution is 2.54. The topological polar surface area (TPSA) is 51.5 Å². The van der Waals surface area contributed by atoms with Crippen LogP contribution in [0.4, 0.5) is 11.5 Å². The van der Waals surface area contributed by atoms with E-state index in [4.69, 9.17) is 5.73 Å². The molecule has 2 N–H and O–H groups in total. The lowest BCUT2D eigenvalue weighted by molar-refractivity contribution is 0.626. The van der Waals surface area contributed by atoms with Crippen LogP contribution in [-0.2, 0) is 6.42 Å². The normalized spacial score (nSPS) is 16.5. The first-order chi connectivity index (χ1) is 26.3. The van der Waals surface area contributed by atoms with Crippen molar-refractivity contribution in [2.75, 3.05) is 17.3 Å².